The van der Waals surface area contributed by atoms with Crippen LogP contribution in [0.15, 0.2) is 54.7 Å². The van der Waals surface area contributed by atoms with Gasteiger partial charge in [0.05, 0.1) is 29.4 Å². The van der Waals surface area contributed by atoms with E-state index >= 15 is 0 Å². The molecule has 122 valence electrons. The van der Waals surface area contributed by atoms with Gasteiger partial charge in [0, 0.05) is 5.56 Å². The summed E-state index contributed by atoms with van der Waals surface area (Å²) in [5.74, 6) is 4.44. The number of nitrogens with zero attached hydrogens (tertiary/aromatic N) is 2. The molecule has 1 heterocycles. The Morgan fingerprint density at radius 3 is 2.68 bits per heavy atom. The van der Waals surface area contributed by atoms with Crippen LogP contribution in [-0.2, 0) is 4.74 Å². The lowest BCUT2D eigenvalue weighted by Gasteiger charge is -2.01. The number of hydrogen-bond acceptors (Lipinski definition) is 5. The molecule has 3 rings (SSSR count). The first-order valence-corrected chi connectivity index (χ1v) is 7.72. The van der Waals surface area contributed by atoms with Gasteiger partial charge in [-0.1, -0.05) is 24.1 Å². The third kappa shape index (κ3) is 3.88. The van der Waals surface area contributed by atoms with Gasteiger partial charge in [-0.15, -0.1) is 0 Å². The van der Waals surface area contributed by atoms with Crippen molar-refractivity contribution in [2.45, 2.75) is 6.92 Å². The lowest BCUT2D eigenvalue weighted by atomic mass is 10.1. The zero-order valence-corrected chi connectivity index (χ0v) is 13.5. The lowest BCUT2D eigenvalue weighted by Crippen LogP contribution is -2.04. The van der Waals surface area contributed by atoms with Crippen LogP contribution in [0.2, 0.25) is 0 Å². The van der Waals surface area contributed by atoms with E-state index in [2.05, 4.69) is 21.8 Å². The molecule has 5 heteroatoms. The Morgan fingerprint density at radius 1 is 1.08 bits per heavy atom. The fraction of sp³-hybridized carbons (Fsp3) is 0.100. The molecule has 0 saturated heterocycles. The first-order valence-electron chi connectivity index (χ1n) is 7.72. The van der Waals surface area contributed by atoms with Gasteiger partial charge in [0.1, 0.15) is 5.69 Å². The van der Waals surface area contributed by atoms with E-state index in [-0.39, 0.29) is 5.69 Å². The van der Waals surface area contributed by atoms with Gasteiger partial charge < -0.3 is 4.74 Å². The summed E-state index contributed by atoms with van der Waals surface area (Å²) in [6.07, 6.45) is 1.41. The van der Waals surface area contributed by atoms with Crippen LogP contribution in [-0.4, -0.2) is 28.3 Å². The molecule has 0 N–H and O–H groups in total. The molecule has 0 aliphatic heterocycles. The van der Waals surface area contributed by atoms with E-state index in [4.69, 9.17) is 4.74 Å². The van der Waals surface area contributed by atoms with Crippen molar-refractivity contribution in [3.8, 4) is 11.8 Å². The summed E-state index contributed by atoms with van der Waals surface area (Å²) in [4.78, 5) is 32.4. The van der Waals surface area contributed by atoms with Crippen LogP contribution in [0.5, 0.6) is 0 Å². The molecule has 0 unspecified atom stereocenters. The van der Waals surface area contributed by atoms with Crippen LogP contribution in [0.1, 0.15) is 33.3 Å². The van der Waals surface area contributed by atoms with Gasteiger partial charge in [-0.3, -0.25) is 9.78 Å². The fourth-order valence-electron chi connectivity index (χ4n) is 2.20. The number of carbonyl (C=O) groups is 2. The second-order valence-corrected chi connectivity index (χ2v) is 5.12. The van der Waals surface area contributed by atoms with Crippen molar-refractivity contribution in [2.24, 2.45) is 0 Å². The van der Waals surface area contributed by atoms with Gasteiger partial charge in [-0.25, -0.2) is 9.78 Å². The van der Waals surface area contributed by atoms with E-state index in [9.17, 15) is 9.59 Å². The van der Waals surface area contributed by atoms with Crippen LogP contribution in [0.3, 0.4) is 0 Å². The van der Waals surface area contributed by atoms with Gasteiger partial charge in [0.25, 0.3) is 5.78 Å². The first-order chi connectivity index (χ1) is 12.2. The Kier molecular flexibility index (Phi) is 4.82. The Labute approximate surface area is 144 Å². The van der Waals surface area contributed by atoms with E-state index < -0.39 is 11.8 Å². The number of ketones is 1. The Hall–Kier alpha value is -3.52. The normalized spacial score (nSPS) is 9.96. The molecular weight excluding hydrogens is 316 g/mol. The van der Waals surface area contributed by atoms with Crippen molar-refractivity contribution in [2.75, 3.05) is 6.61 Å². The van der Waals surface area contributed by atoms with E-state index in [0.29, 0.717) is 28.8 Å². The molecule has 0 fully saturated rings. The standard InChI is InChI=1S/C20H14N2O3/c1-2-25-20(24)15-7-5-6-14(12-15)10-11-19(23)18-13-21-16-8-3-4-9-17(16)22-18/h3-9,12-13H,2H2,1H3. The molecule has 0 saturated carbocycles. The molecule has 0 bridgehead atoms. The van der Waals surface area contributed by atoms with E-state index in [1.807, 2.05) is 18.2 Å². The predicted molar refractivity (Wildman–Crippen MR) is 93.1 cm³/mol. The number of fused-ring (bicyclic) bond motifs is 1. The molecule has 0 spiro atoms. The van der Waals surface area contributed by atoms with E-state index in [0.717, 1.165) is 0 Å². The molecular formula is C20H14N2O3. The summed E-state index contributed by atoms with van der Waals surface area (Å²) in [6, 6.07) is 13.9. The number of carbonyl (C=O) groups excluding carboxylic acids is 2. The highest BCUT2D eigenvalue weighted by Gasteiger charge is 2.08. The van der Waals surface area contributed by atoms with Crippen molar-refractivity contribution in [3.05, 3.63) is 71.5 Å². The van der Waals surface area contributed by atoms with Crippen LogP contribution < -0.4 is 0 Å². The smallest absolute Gasteiger partial charge is 0.338 e. The summed E-state index contributed by atoms with van der Waals surface area (Å²) in [7, 11) is 0. The predicted octanol–water partition coefficient (Wildman–Crippen LogP) is 3.04. The summed E-state index contributed by atoms with van der Waals surface area (Å²) in [6.45, 7) is 2.04. The van der Waals surface area contributed by atoms with Gasteiger partial charge in [-0.05, 0) is 43.2 Å². The Bertz CT molecular complexity index is 1020. The van der Waals surface area contributed by atoms with Crippen molar-refractivity contribution < 1.29 is 14.3 Å². The SMILES string of the molecule is CCOC(=O)c1cccc(C#CC(=O)c2cnc3ccccc3n2)c1. The molecule has 2 aromatic carbocycles. The number of para-hydroxylation sites is 2. The highest BCUT2D eigenvalue weighted by molar-refractivity contribution is 6.08. The minimum Gasteiger partial charge on any atom is -0.462 e. The van der Waals surface area contributed by atoms with Crippen LogP contribution in [0, 0.1) is 11.8 Å². The van der Waals surface area contributed by atoms with Gasteiger partial charge in [0.15, 0.2) is 0 Å². The average molecular weight is 330 g/mol. The third-order valence-electron chi connectivity index (χ3n) is 3.38. The number of esters is 1. The van der Waals surface area contributed by atoms with Gasteiger partial charge >= 0.3 is 5.97 Å². The van der Waals surface area contributed by atoms with E-state index in [1.54, 1.807) is 37.3 Å². The van der Waals surface area contributed by atoms with Crippen molar-refractivity contribution in [1.29, 1.82) is 0 Å². The maximum absolute atomic E-state index is 12.2. The van der Waals surface area contributed by atoms with E-state index in [1.165, 1.54) is 6.20 Å². The zero-order valence-electron chi connectivity index (χ0n) is 13.5. The quantitative estimate of drug-likeness (QED) is 0.419. The molecule has 0 aliphatic rings. The second-order valence-electron chi connectivity index (χ2n) is 5.12. The maximum atomic E-state index is 12.2. The molecule has 0 atom stereocenters. The molecule has 0 aliphatic carbocycles. The molecule has 0 amide bonds. The minimum absolute atomic E-state index is 0.188. The minimum atomic E-state index is -0.431. The largest absolute Gasteiger partial charge is 0.462 e. The zero-order chi connectivity index (χ0) is 17.6. The van der Waals surface area contributed by atoms with Gasteiger partial charge in [-0.2, -0.15) is 0 Å². The maximum Gasteiger partial charge on any atom is 0.338 e. The summed E-state index contributed by atoms with van der Waals surface area (Å²) in [5.41, 5.74) is 2.49. The fourth-order valence-corrected chi connectivity index (χ4v) is 2.20. The number of ether oxygens (including phenoxy) is 1. The van der Waals surface area contributed by atoms with Crippen molar-refractivity contribution >= 4 is 22.8 Å². The number of hydrogen-bond donors (Lipinski definition) is 0. The Morgan fingerprint density at radius 2 is 1.88 bits per heavy atom. The molecule has 0 radical (unpaired) electrons. The lowest BCUT2D eigenvalue weighted by molar-refractivity contribution is 0.0526. The monoisotopic (exact) mass is 330 g/mol. The summed E-state index contributed by atoms with van der Waals surface area (Å²) < 4.78 is 4.95. The number of Topliss-reactive ketones (excluding diaryl/α,β-unsaturated/α-hetero) is 1. The number of benzene rings is 2. The number of rotatable bonds is 3. The molecule has 3 aromatic rings. The summed E-state index contributed by atoms with van der Waals surface area (Å²) in [5, 5.41) is 0. The highest BCUT2D eigenvalue weighted by Crippen LogP contribution is 2.09. The topological polar surface area (TPSA) is 69.2 Å². The van der Waals surface area contributed by atoms with Crippen molar-refractivity contribution in [3.63, 3.8) is 0 Å². The summed E-state index contributed by atoms with van der Waals surface area (Å²) >= 11 is 0. The number of aromatic nitrogens is 2. The second kappa shape index (κ2) is 7.37. The molecule has 5 nitrogen and oxygen atoms in total. The molecule has 1 aromatic heterocycles. The first kappa shape index (κ1) is 16.3. The van der Waals surface area contributed by atoms with Crippen LogP contribution in [0.25, 0.3) is 11.0 Å². The van der Waals surface area contributed by atoms with Gasteiger partial charge in [0.2, 0.25) is 0 Å². The highest BCUT2D eigenvalue weighted by atomic mass is 16.5. The van der Waals surface area contributed by atoms with Crippen molar-refractivity contribution in [1.82, 2.24) is 9.97 Å². The van der Waals surface area contributed by atoms with Crippen LogP contribution in [0.4, 0.5) is 0 Å². The molecule has 25 heavy (non-hydrogen) atoms. The Balaban J connectivity index is 1.83. The average Bonchev–Trinajstić information content (AvgIpc) is 2.66. The van der Waals surface area contributed by atoms with Crippen LogP contribution >= 0.6 is 0 Å². The third-order valence-corrected chi connectivity index (χ3v) is 3.38.